The van der Waals surface area contributed by atoms with Crippen LogP contribution in [0.4, 0.5) is 5.69 Å². The van der Waals surface area contributed by atoms with E-state index in [2.05, 4.69) is 17.2 Å². The van der Waals surface area contributed by atoms with Gasteiger partial charge in [0.25, 0.3) is 0 Å². The molecule has 1 rings (SSSR count). The Labute approximate surface area is 90.9 Å². The van der Waals surface area contributed by atoms with E-state index in [4.69, 9.17) is 0 Å². The van der Waals surface area contributed by atoms with E-state index in [1.165, 1.54) is 0 Å². The Morgan fingerprint density at radius 2 is 2.13 bits per heavy atom. The van der Waals surface area contributed by atoms with Gasteiger partial charge in [-0.25, -0.2) is 0 Å². The molecule has 0 aliphatic carbocycles. The van der Waals surface area contributed by atoms with Crippen molar-refractivity contribution >= 4 is 11.6 Å². The van der Waals surface area contributed by atoms with Crippen molar-refractivity contribution in [2.24, 2.45) is 5.41 Å². The molecule has 3 nitrogen and oxygen atoms in total. The van der Waals surface area contributed by atoms with E-state index in [1.54, 1.807) is 12.4 Å². The van der Waals surface area contributed by atoms with Gasteiger partial charge >= 0.3 is 0 Å². The van der Waals surface area contributed by atoms with Crippen LogP contribution in [0.25, 0.3) is 0 Å². The van der Waals surface area contributed by atoms with Gasteiger partial charge < -0.3 is 5.32 Å². The lowest BCUT2D eigenvalue weighted by atomic mass is 9.95. The maximum atomic E-state index is 11.8. The van der Waals surface area contributed by atoms with Gasteiger partial charge in [0.1, 0.15) is 0 Å². The summed E-state index contributed by atoms with van der Waals surface area (Å²) in [7, 11) is 0. The number of hydrogen-bond donors (Lipinski definition) is 1. The molecule has 0 aromatic carbocycles. The van der Waals surface area contributed by atoms with Crippen molar-refractivity contribution in [3.8, 4) is 0 Å². The number of nitrogens with one attached hydrogen (secondary N) is 1. The Balaban J connectivity index is 2.85. The summed E-state index contributed by atoms with van der Waals surface area (Å²) in [6.45, 7) is 7.74. The van der Waals surface area contributed by atoms with Crippen molar-refractivity contribution in [1.82, 2.24) is 4.98 Å². The molecule has 0 fully saturated rings. The standard InChI is InChI=1S/C12H18N2O/c1-5-9-6-7-13-8-10(9)14-11(15)12(2,3)4/h6-8H,5H2,1-4H3,(H,14,15). The van der Waals surface area contributed by atoms with Gasteiger partial charge in [-0.15, -0.1) is 0 Å². The predicted molar refractivity (Wildman–Crippen MR) is 61.7 cm³/mol. The highest BCUT2D eigenvalue weighted by Crippen LogP contribution is 2.19. The topological polar surface area (TPSA) is 42.0 Å². The van der Waals surface area contributed by atoms with Crippen molar-refractivity contribution in [1.29, 1.82) is 0 Å². The van der Waals surface area contributed by atoms with E-state index in [1.807, 2.05) is 26.8 Å². The molecule has 0 aliphatic rings. The van der Waals surface area contributed by atoms with Gasteiger partial charge in [0.05, 0.1) is 11.9 Å². The first-order chi connectivity index (χ1) is 6.95. The Morgan fingerprint density at radius 1 is 1.47 bits per heavy atom. The van der Waals surface area contributed by atoms with E-state index in [9.17, 15) is 4.79 Å². The van der Waals surface area contributed by atoms with Crippen LogP contribution in [0, 0.1) is 5.41 Å². The number of anilines is 1. The summed E-state index contributed by atoms with van der Waals surface area (Å²) >= 11 is 0. The predicted octanol–water partition coefficient (Wildman–Crippen LogP) is 2.63. The van der Waals surface area contributed by atoms with Crippen molar-refractivity contribution in [3.05, 3.63) is 24.0 Å². The third-order valence-electron chi connectivity index (χ3n) is 2.22. The molecule has 82 valence electrons. The minimum atomic E-state index is -0.374. The Morgan fingerprint density at radius 3 is 2.67 bits per heavy atom. The number of aromatic nitrogens is 1. The fraction of sp³-hybridized carbons (Fsp3) is 0.500. The third-order valence-corrected chi connectivity index (χ3v) is 2.22. The zero-order valence-corrected chi connectivity index (χ0v) is 9.79. The number of hydrogen-bond acceptors (Lipinski definition) is 2. The Hall–Kier alpha value is -1.38. The molecule has 0 radical (unpaired) electrons. The average Bonchev–Trinajstić information content (AvgIpc) is 2.17. The van der Waals surface area contributed by atoms with Crippen LogP contribution < -0.4 is 5.32 Å². The normalized spacial score (nSPS) is 11.2. The molecule has 1 heterocycles. The second-order valence-electron chi connectivity index (χ2n) is 4.59. The first-order valence-electron chi connectivity index (χ1n) is 5.19. The average molecular weight is 206 g/mol. The summed E-state index contributed by atoms with van der Waals surface area (Å²) < 4.78 is 0. The zero-order chi connectivity index (χ0) is 11.5. The van der Waals surface area contributed by atoms with Crippen molar-refractivity contribution in [3.63, 3.8) is 0 Å². The fourth-order valence-corrected chi connectivity index (χ4v) is 1.15. The third kappa shape index (κ3) is 3.05. The highest BCUT2D eigenvalue weighted by atomic mass is 16.2. The van der Waals surface area contributed by atoms with Crippen LogP contribution in [0.1, 0.15) is 33.3 Å². The number of amides is 1. The fourth-order valence-electron chi connectivity index (χ4n) is 1.15. The maximum absolute atomic E-state index is 11.8. The largest absolute Gasteiger partial charge is 0.324 e. The quantitative estimate of drug-likeness (QED) is 0.808. The molecule has 1 aromatic heterocycles. The number of aryl methyl sites for hydroxylation is 1. The van der Waals surface area contributed by atoms with Gasteiger partial charge in [-0.05, 0) is 18.1 Å². The van der Waals surface area contributed by atoms with Crippen LogP contribution >= 0.6 is 0 Å². The lowest BCUT2D eigenvalue weighted by Gasteiger charge is -2.18. The molecular weight excluding hydrogens is 188 g/mol. The highest BCUT2D eigenvalue weighted by molar-refractivity contribution is 5.94. The zero-order valence-electron chi connectivity index (χ0n) is 9.79. The van der Waals surface area contributed by atoms with Gasteiger partial charge in [0.2, 0.25) is 5.91 Å². The summed E-state index contributed by atoms with van der Waals surface area (Å²) in [6.07, 6.45) is 4.33. The van der Waals surface area contributed by atoms with E-state index < -0.39 is 0 Å². The molecule has 0 atom stereocenters. The van der Waals surface area contributed by atoms with Crippen LogP contribution in [0.15, 0.2) is 18.5 Å². The second kappa shape index (κ2) is 4.43. The van der Waals surface area contributed by atoms with Crippen molar-refractivity contribution < 1.29 is 4.79 Å². The van der Waals surface area contributed by atoms with Gasteiger partial charge in [-0.2, -0.15) is 0 Å². The van der Waals surface area contributed by atoms with Crippen LogP contribution in [0.3, 0.4) is 0 Å². The molecule has 1 aromatic rings. The van der Waals surface area contributed by atoms with Gasteiger partial charge in [-0.1, -0.05) is 27.7 Å². The smallest absolute Gasteiger partial charge is 0.229 e. The molecule has 0 aliphatic heterocycles. The minimum absolute atomic E-state index is 0.0187. The first-order valence-corrected chi connectivity index (χ1v) is 5.19. The molecule has 0 unspecified atom stereocenters. The number of rotatable bonds is 2. The molecule has 0 bridgehead atoms. The first kappa shape index (κ1) is 11.7. The molecule has 0 saturated carbocycles. The second-order valence-corrected chi connectivity index (χ2v) is 4.59. The number of nitrogens with zero attached hydrogens (tertiary/aromatic N) is 1. The highest BCUT2D eigenvalue weighted by Gasteiger charge is 2.21. The van der Waals surface area contributed by atoms with Crippen LogP contribution in [-0.2, 0) is 11.2 Å². The van der Waals surface area contributed by atoms with E-state index in [-0.39, 0.29) is 11.3 Å². The number of carbonyl (C=O) groups excluding carboxylic acids is 1. The van der Waals surface area contributed by atoms with Crippen molar-refractivity contribution in [2.45, 2.75) is 34.1 Å². The molecule has 15 heavy (non-hydrogen) atoms. The number of pyridine rings is 1. The van der Waals surface area contributed by atoms with E-state index in [0.717, 1.165) is 17.7 Å². The van der Waals surface area contributed by atoms with Crippen LogP contribution in [0.5, 0.6) is 0 Å². The monoisotopic (exact) mass is 206 g/mol. The summed E-state index contributed by atoms with van der Waals surface area (Å²) in [5.41, 5.74) is 1.56. The summed E-state index contributed by atoms with van der Waals surface area (Å²) in [6, 6.07) is 1.93. The molecular formula is C12H18N2O. The lowest BCUT2D eigenvalue weighted by molar-refractivity contribution is -0.123. The summed E-state index contributed by atoms with van der Waals surface area (Å²) in [5, 5.41) is 2.90. The molecule has 1 N–H and O–H groups in total. The SMILES string of the molecule is CCc1ccncc1NC(=O)C(C)(C)C. The van der Waals surface area contributed by atoms with E-state index >= 15 is 0 Å². The maximum Gasteiger partial charge on any atom is 0.229 e. The molecule has 0 spiro atoms. The van der Waals surface area contributed by atoms with Gasteiger partial charge in [0, 0.05) is 11.6 Å². The van der Waals surface area contributed by atoms with Gasteiger partial charge in [0.15, 0.2) is 0 Å². The lowest BCUT2D eigenvalue weighted by Crippen LogP contribution is -2.28. The summed E-state index contributed by atoms with van der Waals surface area (Å²) in [5.74, 6) is 0.0187. The Kier molecular flexibility index (Phi) is 3.45. The van der Waals surface area contributed by atoms with E-state index in [0.29, 0.717) is 0 Å². The molecule has 3 heteroatoms. The molecule has 0 saturated heterocycles. The van der Waals surface area contributed by atoms with Gasteiger partial charge in [-0.3, -0.25) is 9.78 Å². The summed E-state index contributed by atoms with van der Waals surface area (Å²) in [4.78, 5) is 15.8. The number of carbonyl (C=O) groups is 1. The minimum Gasteiger partial charge on any atom is -0.324 e. The van der Waals surface area contributed by atoms with Crippen molar-refractivity contribution in [2.75, 3.05) is 5.32 Å². The Bertz CT molecular complexity index is 353. The van der Waals surface area contributed by atoms with Crippen LogP contribution in [0.2, 0.25) is 0 Å². The molecule has 1 amide bonds. The van der Waals surface area contributed by atoms with Crippen LogP contribution in [-0.4, -0.2) is 10.9 Å².